The Kier molecular flexibility index (Phi) is 3.16. The minimum absolute atomic E-state index is 0.403. The fourth-order valence-electron chi connectivity index (χ4n) is 2.87. The van der Waals surface area contributed by atoms with Crippen LogP contribution in [0.5, 0.6) is 0 Å². The highest BCUT2D eigenvalue weighted by atomic mass is 32.1. The first-order chi connectivity index (χ1) is 10.4. The van der Waals surface area contributed by atoms with Gasteiger partial charge in [0.25, 0.3) is 0 Å². The van der Waals surface area contributed by atoms with Crippen molar-refractivity contribution < 1.29 is 0 Å². The van der Waals surface area contributed by atoms with Gasteiger partial charge in [0.1, 0.15) is 0 Å². The van der Waals surface area contributed by atoms with Crippen LogP contribution in [0.1, 0.15) is 29.3 Å². The van der Waals surface area contributed by atoms with Crippen molar-refractivity contribution in [2.24, 2.45) is 0 Å². The van der Waals surface area contributed by atoms with E-state index in [9.17, 15) is 0 Å². The van der Waals surface area contributed by atoms with Crippen molar-refractivity contribution in [1.82, 2.24) is 20.6 Å². The number of hydrogen-bond acceptors (Lipinski definition) is 5. The van der Waals surface area contributed by atoms with Gasteiger partial charge in [0, 0.05) is 16.1 Å². The third kappa shape index (κ3) is 2.42. The number of hydrogen-bond donors (Lipinski definition) is 2. The van der Waals surface area contributed by atoms with Crippen LogP contribution in [0.15, 0.2) is 35.7 Å². The van der Waals surface area contributed by atoms with E-state index in [0.29, 0.717) is 11.9 Å². The van der Waals surface area contributed by atoms with Crippen LogP contribution in [0.3, 0.4) is 0 Å². The van der Waals surface area contributed by atoms with Gasteiger partial charge >= 0.3 is 0 Å². The molecule has 4 rings (SSSR count). The van der Waals surface area contributed by atoms with Crippen LogP contribution in [-0.2, 0) is 6.42 Å². The molecule has 106 valence electrons. The predicted molar refractivity (Wildman–Crippen MR) is 83.2 cm³/mol. The first kappa shape index (κ1) is 12.5. The molecular formula is C15H15N5S. The zero-order valence-electron chi connectivity index (χ0n) is 11.4. The van der Waals surface area contributed by atoms with E-state index in [1.54, 1.807) is 0 Å². The number of tetrazole rings is 1. The van der Waals surface area contributed by atoms with E-state index in [1.165, 1.54) is 29.7 Å². The number of aromatic amines is 1. The summed E-state index contributed by atoms with van der Waals surface area (Å²) in [5.74, 6) is 0.624. The smallest absolute Gasteiger partial charge is 0.204 e. The number of anilines is 1. The van der Waals surface area contributed by atoms with Crippen LogP contribution in [0, 0.1) is 0 Å². The summed E-state index contributed by atoms with van der Waals surface area (Å²) in [6.45, 7) is 0. The second kappa shape index (κ2) is 5.29. The van der Waals surface area contributed by atoms with Gasteiger partial charge in [-0.25, -0.2) is 0 Å². The van der Waals surface area contributed by atoms with Crippen LogP contribution in [-0.4, -0.2) is 20.6 Å². The maximum Gasteiger partial charge on any atom is 0.204 e. The fraction of sp³-hybridized carbons (Fsp3) is 0.267. The number of aromatic nitrogens is 4. The van der Waals surface area contributed by atoms with E-state index in [-0.39, 0.29) is 0 Å². The number of benzene rings is 1. The summed E-state index contributed by atoms with van der Waals surface area (Å²) < 4.78 is 0. The molecule has 0 saturated carbocycles. The Balaban J connectivity index is 1.60. The Morgan fingerprint density at radius 2 is 2.29 bits per heavy atom. The quantitative estimate of drug-likeness (QED) is 0.777. The molecule has 0 spiro atoms. The van der Waals surface area contributed by atoms with Gasteiger partial charge in [-0.15, -0.1) is 21.5 Å². The molecule has 3 aromatic rings. The number of nitrogens with zero attached hydrogens (tertiary/aromatic N) is 3. The highest BCUT2D eigenvalue weighted by Gasteiger charge is 2.21. The average Bonchev–Trinajstić information content (AvgIpc) is 3.20. The van der Waals surface area contributed by atoms with Gasteiger partial charge in [-0.05, 0) is 53.6 Å². The molecule has 6 heteroatoms. The average molecular weight is 297 g/mol. The molecule has 1 aromatic carbocycles. The lowest BCUT2D eigenvalue weighted by Crippen LogP contribution is -2.15. The van der Waals surface area contributed by atoms with Gasteiger partial charge in [-0.1, -0.05) is 12.1 Å². The molecule has 2 aromatic heterocycles. The monoisotopic (exact) mass is 297 g/mol. The zero-order chi connectivity index (χ0) is 14.1. The van der Waals surface area contributed by atoms with Crippen molar-refractivity contribution >= 4 is 17.0 Å². The van der Waals surface area contributed by atoms with Crippen molar-refractivity contribution in [3.63, 3.8) is 0 Å². The van der Waals surface area contributed by atoms with Crippen molar-refractivity contribution in [1.29, 1.82) is 0 Å². The van der Waals surface area contributed by atoms with Gasteiger partial charge in [-0.2, -0.15) is 5.21 Å². The third-order valence-corrected chi connectivity index (χ3v) is 4.86. The summed E-state index contributed by atoms with van der Waals surface area (Å²) in [6.07, 6.45) is 3.64. The normalized spacial score (nSPS) is 17.4. The van der Waals surface area contributed by atoms with E-state index in [1.807, 2.05) is 23.5 Å². The van der Waals surface area contributed by atoms with Gasteiger partial charge in [0.15, 0.2) is 0 Å². The molecular weight excluding hydrogens is 282 g/mol. The van der Waals surface area contributed by atoms with E-state index >= 15 is 0 Å². The van der Waals surface area contributed by atoms with Gasteiger partial charge in [0.2, 0.25) is 5.82 Å². The van der Waals surface area contributed by atoms with Crippen LogP contribution < -0.4 is 5.32 Å². The number of rotatable bonds is 3. The highest BCUT2D eigenvalue weighted by Crippen LogP contribution is 2.35. The lowest BCUT2D eigenvalue weighted by molar-refractivity contribution is 0.609. The molecule has 1 atom stereocenters. The van der Waals surface area contributed by atoms with Crippen LogP contribution in [0.2, 0.25) is 0 Å². The third-order valence-electron chi connectivity index (χ3n) is 3.86. The molecule has 1 aliphatic carbocycles. The number of nitrogens with one attached hydrogen (secondary N) is 2. The van der Waals surface area contributed by atoms with E-state index in [0.717, 1.165) is 11.3 Å². The zero-order valence-corrected chi connectivity index (χ0v) is 12.2. The number of aryl methyl sites for hydroxylation is 1. The molecule has 1 aliphatic rings. The Morgan fingerprint density at radius 3 is 3.19 bits per heavy atom. The standard InChI is InChI=1S/C15H15N5S/c1-3-10(15-17-19-20-18-15)9-11(4-1)16-13-5-2-6-14-12(13)7-8-21-14/h1,3-4,7-9,13,16H,2,5-6H2,(H,17,18,19,20). The summed E-state index contributed by atoms with van der Waals surface area (Å²) in [5, 5.41) is 20.0. The molecule has 2 heterocycles. The molecule has 0 fully saturated rings. The number of H-pyrrole nitrogens is 1. The summed E-state index contributed by atoms with van der Waals surface area (Å²) >= 11 is 1.87. The topological polar surface area (TPSA) is 66.5 Å². The Hall–Kier alpha value is -2.21. The Bertz CT molecular complexity index is 734. The summed E-state index contributed by atoms with van der Waals surface area (Å²) in [6, 6.07) is 10.8. The molecule has 2 N–H and O–H groups in total. The minimum atomic E-state index is 0.403. The maximum atomic E-state index is 4.03. The van der Waals surface area contributed by atoms with Crippen molar-refractivity contribution in [3.8, 4) is 11.4 Å². The SMILES string of the molecule is c1cc(NC2CCCc3sccc32)cc(-c2nn[nH]n2)c1. The van der Waals surface area contributed by atoms with Crippen LogP contribution in [0.4, 0.5) is 5.69 Å². The lowest BCUT2D eigenvalue weighted by Gasteiger charge is -2.24. The van der Waals surface area contributed by atoms with Crippen LogP contribution >= 0.6 is 11.3 Å². The van der Waals surface area contributed by atoms with Crippen molar-refractivity contribution in [3.05, 3.63) is 46.2 Å². The number of fused-ring (bicyclic) bond motifs is 1. The van der Waals surface area contributed by atoms with E-state index < -0.39 is 0 Å². The fourth-order valence-corrected chi connectivity index (χ4v) is 3.86. The van der Waals surface area contributed by atoms with Gasteiger partial charge < -0.3 is 5.32 Å². The second-order valence-corrected chi connectivity index (χ2v) is 6.21. The van der Waals surface area contributed by atoms with Gasteiger partial charge in [-0.3, -0.25) is 0 Å². The van der Waals surface area contributed by atoms with Crippen LogP contribution in [0.25, 0.3) is 11.4 Å². The van der Waals surface area contributed by atoms with Crippen molar-refractivity contribution in [2.75, 3.05) is 5.32 Å². The molecule has 0 amide bonds. The van der Waals surface area contributed by atoms with E-state index in [2.05, 4.69) is 49.5 Å². The van der Waals surface area contributed by atoms with Gasteiger partial charge in [0.05, 0.1) is 6.04 Å². The first-order valence-electron chi connectivity index (χ1n) is 7.07. The summed E-state index contributed by atoms with van der Waals surface area (Å²) in [5.41, 5.74) is 3.52. The molecule has 0 saturated heterocycles. The summed E-state index contributed by atoms with van der Waals surface area (Å²) in [7, 11) is 0. The first-order valence-corrected chi connectivity index (χ1v) is 7.95. The Labute approximate surface area is 126 Å². The molecule has 0 radical (unpaired) electrons. The predicted octanol–water partition coefficient (Wildman–Crippen LogP) is 3.42. The second-order valence-electron chi connectivity index (χ2n) is 5.20. The Morgan fingerprint density at radius 1 is 1.29 bits per heavy atom. The summed E-state index contributed by atoms with van der Waals surface area (Å²) in [4.78, 5) is 1.52. The molecule has 21 heavy (non-hydrogen) atoms. The largest absolute Gasteiger partial charge is 0.378 e. The molecule has 1 unspecified atom stereocenters. The maximum absolute atomic E-state index is 4.03. The van der Waals surface area contributed by atoms with Crippen molar-refractivity contribution in [2.45, 2.75) is 25.3 Å². The lowest BCUT2D eigenvalue weighted by atomic mass is 9.94. The minimum Gasteiger partial charge on any atom is -0.378 e. The van der Waals surface area contributed by atoms with E-state index in [4.69, 9.17) is 0 Å². The molecule has 0 bridgehead atoms. The molecule has 5 nitrogen and oxygen atoms in total. The highest BCUT2D eigenvalue weighted by molar-refractivity contribution is 7.10. The number of thiophene rings is 1. The molecule has 0 aliphatic heterocycles.